The molecule has 2 amide bonds. The molecule has 1 aromatic carbocycles. The maximum atomic E-state index is 12.9. The van der Waals surface area contributed by atoms with Crippen LogP contribution >= 0.6 is 11.8 Å². The summed E-state index contributed by atoms with van der Waals surface area (Å²) in [6.07, 6.45) is 2.14. The van der Waals surface area contributed by atoms with Crippen LogP contribution in [0.3, 0.4) is 0 Å². The lowest BCUT2D eigenvalue weighted by atomic mass is 10.1. The zero-order valence-electron chi connectivity index (χ0n) is 17.9. The minimum atomic E-state index is -0.198. The first kappa shape index (κ1) is 22.1. The number of likely N-dealkylation sites (N-methyl/N-ethyl adjacent to an activating group) is 1. The highest BCUT2D eigenvalue weighted by atomic mass is 32.2. The number of carbonyl (C=O) groups is 2. The van der Waals surface area contributed by atoms with Gasteiger partial charge in [0.1, 0.15) is 0 Å². The highest BCUT2D eigenvalue weighted by Gasteiger charge is 2.31. The summed E-state index contributed by atoms with van der Waals surface area (Å²) in [4.78, 5) is 31.7. The van der Waals surface area contributed by atoms with E-state index in [4.69, 9.17) is 0 Å². The number of hydrogen-bond acceptors (Lipinski definition) is 5. The number of piperazine rings is 1. The monoisotopic (exact) mass is 418 g/mol. The van der Waals surface area contributed by atoms with E-state index in [1.54, 1.807) is 11.9 Å². The second-order valence-corrected chi connectivity index (χ2v) is 9.17. The van der Waals surface area contributed by atoms with Gasteiger partial charge in [0.25, 0.3) is 0 Å². The Morgan fingerprint density at radius 1 is 1.24 bits per heavy atom. The van der Waals surface area contributed by atoms with Crippen LogP contribution in [0.15, 0.2) is 24.3 Å². The van der Waals surface area contributed by atoms with Crippen molar-refractivity contribution >= 4 is 29.3 Å². The molecular formula is C22H34N4O2S. The van der Waals surface area contributed by atoms with Crippen molar-refractivity contribution in [3.8, 4) is 0 Å². The van der Waals surface area contributed by atoms with Gasteiger partial charge in [0.05, 0.1) is 12.6 Å². The molecule has 7 heteroatoms. The maximum Gasteiger partial charge on any atom is 0.243 e. The molecule has 160 valence electrons. The summed E-state index contributed by atoms with van der Waals surface area (Å²) in [7, 11) is 1.72. The van der Waals surface area contributed by atoms with Gasteiger partial charge in [-0.3, -0.25) is 19.4 Å². The summed E-state index contributed by atoms with van der Waals surface area (Å²) in [6, 6.07) is 8.31. The third kappa shape index (κ3) is 5.74. The topological polar surface area (TPSA) is 55.9 Å². The molecule has 2 heterocycles. The standard InChI is InChI=1S/C22H34N4O2S/c1-4-18-7-5-6-8-20(18)23-21(27)15-24(3)22(28)17(2)25-10-12-26(13-11-25)19-9-14-29-16-19/h5-8,17,19H,4,9-16H2,1-3H3,(H,23,27)/t17-,19-/m0/s1. The fourth-order valence-corrected chi connectivity index (χ4v) is 5.46. The minimum absolute atomic E-state index is 0.00815. The molecule has 29 heavy (non-hydrogen) atoms. The lowest BCUT2D eigenvalue weighted by molar-refractivity contribution is -0.138. The van der Waals surface area contributed by atoms with E-state index in [0.717, 1.165) is 43.9 Å². The van der Waals surface area contributed by atoms with Gasteiger partial charge in [-0.2, -0.15) is 11.8 Å². The molecule has 1 N–H and O–H groups in total. The van der Waals surface area contributed by atoms with Gasteiger partial charge in [0.2, 0.25) is 11.8 Å². The summed E-state index contributed by atoms with van der Waals surface area (Å²) < 4.78 is 0. The predicted octanol–water partition coefficient (Wildman–Crippen LogP) is 2.16. The molecular weight excluding hydrogens is 384 g/mol. The van der Waals surface area contributed by atoms with Gasteiger partial charge >= 0.3 is 0 Å². The van der Waals surface area contributed by atoms with Crippen LogP contribution in [0.5, 0.6) is 0 Å². The maximum absolute atomic E-state index is 12.9. The van der Waals surface area contributed by atoms with Crippen molar-refractivity contribution in [2.45, 2.75) is 38.8 Å². The number of aryl methyl sites for hydroxylation is 1. The van der Waals surface area contributed by atoms with Crippen molar-refractivity contribution in [3.05, 3.63) is 29.8 Å². The Kier molecular flexibility index (Phi) is 7.98. The summed E-state index contributed by atoms with van der Waals surface area (Å²) in [5.41, 5.74) is 1.93. The number of thioether (sulfide) groups is 1. The van der Waals surface area contributed by atoms with Crippen molar-refractivity contribution in [2.75, 3.05) is 56.6 Å². The Morgan fingerprint density at radius 3 is 2.62 bits per heavy atom. The Morgan fingerprint density at radius 2 is 1.97 bits per heavy atom. The number of nitrogens with zero attached hydrogens (tertiary/aromatic N) is 3. The molecule has 2 aliphatic heterocycles. The first-order valence-electron chi connectivity index (χ1n) is 10.7. The highest BCUT2D eigenvalue weighted by molar-refractivity contribution is 7.99. The Balaban J connectivity index is 1.47. The number of nitrogens with one attached hydrogen (secondary N) is 1. The number of amides is 2. The fraction of sp³-hybridized carbons (Fsp3) is 0.636. The number of hydrogen-bond donors (Lipinski definition) is 1. The fourth-order valence-electron chi connectivity index (χ4n) is 4.21. The van der Waals surface area contributed by atoms with Crippen molar-refractivity contribution in [3.63, 3.8) is 0 Å². The van der Waals surface area contributed by atoms with Crippen molar-refractivity contribution in [1.82, 2.24) is 14.7 Å². The van der Waals surface area contributed by atoms with Gasteiger partial charge in [-0.1, -0.05) is 25.1 Å². The van der Waals surface area contributed by atoms with E-state index in [-0.39, 0.29) is 24.4 Å². The number of para-hydroxylation sites is 1. The number of rotatable bonds is 7. The van der Waals surface area contributed by atoms with Gasteiger partial charge < -0.3 is 10.2 Å². The third-order valence-corrected chi connectivity index (χ3v) is 7.25. The Hall–Kier alpha value is -1.57. The summed E-state index contributed by atoms with van der Waals surface area (Å²) in [5, 5.41) is 2.95. The van der Waals surface area contributed by atoms with Gasteiger partial charge in [0.15, 0.2) is 0 Å². The number of anilines is 1. The predicted molar refractivity (Wildman–Crippen MR) is 120 cm³/mol. The summed E-state index contributed by atoms with van der Waals surface area (Å²) in [6.45, 7) is 7.98. The molecule has 2 aliphatic rings. The molecule has 0 aliphatic carbocycles. The Bertz CT molecular complexity index is 700. The average molecular weight is 419 g/mol. The van der Waals surface area contributed by atoms with E-state index < -0.39 is 0 Å². The largest absolute Gasteiger partial charge is 0.335 e. The van der Waals surface area contributed by atoms with E-state index in [2.05, 4.69) is 22.0 Å². The van der Waals surface area contributed by atoms with Crippen LogP contribution in [0.25, 0.3) is 0 Å². The molecule has 6 nitrogen and oxygen atoms in total. The van der Waals surface area contributed by atoms with Crippen LogP contribution in [0.4, 0.5) is 5.69 Å². The smallest absolute Gasteiger partial charge is 0.243 e. The van der Waals surface area contributed by atoms with Crippen LogP contribution in [0.2, 0.25) is 0 Å². The molecule has 0 aromatic heterocycles. The first-order chi connectivity index (χ1) is 14.0. The number of carbonyl (C=O) groups excluding carboxylic acids is 2. The quantitative estimate of drug-likeness (QED) is 0.735. The van der Waals surface area contributed by atoms with E-state index in [1.165, 1.54) is 17.9 Å². The number of benzene rings is 1. The molecule has 2 saturated heterocycles. The zero-order valence-corrected chi connectivity index (χ0v) is 18.7. The molecule has 2 atom stereocenters. The molecule has 0 radical (unpaired) electrons. The van der Waals surface area contributed by atoms with Crippen LogP contribution in [-0.2, 0) is 16.0 Å². The summed E-state index contributed by atoms with van der Waals surface area (Å²) in [5.74, 6) is 2.37. The van der Waals surface area contributed by atoms with Crippen LogP contribution in [0.1, 0.15) is 25.8 Å². The Labute approximate surface area is 179 Å². The van der Waals surface area contributed by atoms with E-state index >= 15 is 0 Å². The third-order valence-electron chi connectivity index (χ3n) is 6.11. The van der Waals surface area contributed by atoms with Gasteiger partial charge in [-0.15, -0.1) is 0 Å². The lowest BCUT2D eigenvalue weighted by Crippen LogP contribution is -2.56. The molecule has 0 spiro atoms. The second kappa shape index (κ2) is 10.5. The summed E-state index contributed by atoms with van der Waals surface area (Å²) >= 11 is 2.05. The molecule has 0 unspecified atom stereocenters. The average Bonchev–Trinajstić information content (AvgIpc) is 3.28. The first-order valence-corrected chi connectivity index (χ1v) is 11.8. The van der Waals surface area contributed by atoms with E-state index in [1.807, 2.05) is 43.0 Å². The van der Waals surface area contributed by atoms with Crippen molar-refractivity contribution < 1.29 is 9.59 Å². The SMILES string of the molecule is CCc1ccccc1NC(=O)CN(C)C(=O)[C@H](C)N1CCN([C@H]2CCSC2)CC1. The van der Waals surface area contributed by atoms with Gasteiger partial charge in [-0.25, -0.2) is 0 Å². The molecule has 0 bridgehead atoms. The van der Waals surface area contributed by atoms with E-state index in [9.17, 15) is 9.59 Å². The zero-order chi connectivity index (χ0) is 20.8. The van der Waals surface area contributed by atoms with Gasteiger partial charge in [0, 0.05) is 50.7 Å². The molecule has 0 saturated carbocycles. The second-order valence-electron chi connectivity index (χ2n) is 8.02. The molecule has 3 rings (SSSR count). The van der Waals surface area contributed by atoms with Gasteiger partial charge in [-0.05, 0) is 37.1 Å². The van der Waals surface area contributed by atoms with Crippen LogP contribution < -0.4 is 5.32 Å². The minimum Gasteiger partial charge on any atom is -0.335 e. The van der Waals surface area contributed by atoms with Crippen molar-refractivity contribution in [2.24, 2.45) is 0 Å². The molecule has 2 fully saturated rings. The highest BCUT2D eigenvalue weighted by Crippen LogP contribution is 2.23. The van der Waals surface area contributed by atoms with E-state index in [0.29, 0.717) is 6.04 Å². The normalized spacial score (nSPS) is 21.7. The lowest BCUT2D eigenvalue weighted by Gasteiger charge is -2.40. The molecule has 1 aromatic rings. The van der Waals surface area contributed by atoms with Crippen LogP contribution in [-0.4, -0.2) is 89.9 Å². The van der Waals surface area contributed by atoms with Crippen LogP contribution in [0, 0.1) is 0 Å². The van der Waals surface area contributed by atoms with Crippen molar-refractivity contribution in [1.29, 1.82) is 0 Å².